The first-order valence-electron chi connectivity index (χ1n) is 8.26. The third-order valence-corrected chi connectivity index (χ3v) is 4.81. The molecule has 2 aromatic heterocycles. The second kappa shape index (κ2) is 7.11. The predicted octanol–water partition coefficient (Wildman–Crippen LogP) is 5.91. The van der Waals surface area contributed by atoms with Gasteiger partial charge >= 0.3 is 0 Å². The molecule has 0 aliphatic heterocycles. The molecule has 0 atom stereocenters. The molecule has 2 heterocycles. The van der Waals surface area contributed by atoms with Crippen molar-refractivity contribution in [3.05, 3.63) is 82.2 Å². The summed E-state index contributed by atoms with van der Waals surface area (Å²) in [5, 5.41) is 0.962. The molecule has 0 unspecified atom stereocenters. The minimum Gasteiger partial charge on any atom is -0.463 e. The van der Waals surface area contributed by atoms with Gasteiger partial charge in [0.05, 0.1) is 23.7 Å². The second-order valence-electron chi connectivity index (χ2n) is 6.12. The van der Waals surface area contributed by atoms with E-state index in [2.05, 4.69) is 0 Å². The van der Waals surface area contributed by atoms with E-state index in [0.29, 0.717) is 55.2 Å². The largest absolute Gasteiger partial charge is 0.463 e. The van der Waals surface area contributed by atoms with Gasteiger partial charge in [-0.2, -0.15) is 0 Å². The van der Waals surface area contributed by atoms with Crippen LogP contribution >= 0.6 is 23.2 Å². The lowest BCUT2D eigenvalue weighted by Gasteiger charge is -2.08. The number of ketones is 1. The molecule has 4 aromatic rings. The average Bonchev–Trinajstić information content (AvgIpc) is 3.34. The highest BCUT2D eigenvalue weighted by Gasteiger charge is 2.25. The van der Waals surface area contributed by atoms with Gasteiger partial charge in [0.15, 0.2) is 0 Å². The van der Waals surface area contributed by atoms with Crippen LogP contribution < -0.4 is 11.5 Å². The quantitative estimate of drug-likeness (QED) is 0.320. The van der Waals surface area contributed by atoms with Crippen LogP contribution in [0.2, 0.25) is 10.0 Å². The molecular weight excluding hydrogens is 399 g/mol. The minimum absolute atomic E-state index is 0.300. The van der Waals surface area contributed by atoms with E-state index >= 15 is 0 Å². The Balaban J connectivity index is 1.82. The topological polar surface area (TPSA) is 95.4 Å². The van der Waals surface area contributed by atoms with E-state index in [4.69, 9.17) is 43.5 Å². The van der Waals surface area contributed by atoms with Gasteiger partial charge < -0.3 is 20.3 Å². The second-order valence-corrected chi connectivity index (χ2v) is 6.99. The number of furan rings is 2. The van der Waals surface area contributed by atoms with Crippen LogP contribution in [0.5, 0.6) is 0 Å². The van der Waals surface area contributed by atoms with Gasteiger partial charge in [0.1, 0.15) is 11.5 Å². The summed E-state index contributed by atoms with van der Waals surface area (Å²) in [6.45, 7) is 0. The number of nitrogens with two attached hydrogens (primary N) is 2. The van der Waals surface area contributed by atoms with Crippen molar-refractivity contribution in [3.63, 3.8) is 0 Å². The van der Waals surface area contributed by atoms with E-state index in [-0.39, 0.29) is 5.78 Å². The molecule has 0 saturated heterocycles. The summed E-state index contributed by atoms with van der Waals surface area (Å²) in [5.74, 6) is 0.360. The summed E-state index contributed by atoms with van der Waals surface area (Å²) in [6.07, 6.45) is 2.85. The smallest absolute Gasteiger partial charge is 0.200 e. The lowest BCUT2D eigenvalue weighted by molar-refractivity contribution is 0.103. The molecule has 0 saturated carbocycles. The van der Waals surface area contributed by atoms with Gasteiger partial charge in [0.25, 0.3) is 0 Å². The van der Waals surface area contributed by atoms with E-state index in [9.17, 15) is 4.79 Å². The number of nitrogen functional groups attached to an aromatic ring is 2. The average molecular weight is 413 g/mol. The molecular formula is C21H14Cl2N2O3. The Kier molecular flexibility index (Phi) is 4.63. The Bertz CT molecular complexity index is 1100. The third kappa shape index (κ3) is 3.15. The van der Waals surface area contributed by atoms with Crippen molar-refractivity contribution < 1.29 is 13.6 Å². The predicted molar refractivity (Wildman–Crippen MR) is 111 cm³/mol. The Morgan fingerprint density at radius 2 is 1.14 bits per heavy atom. The Morgan fingerprint density at radius 1 is 0.714 bits per heavy atom. The molecule has 0 amide bonds. The van der Waals surface area contributed by atoms with Crippen molar-refractivity contribution >= 4 is 40.4 Å². The Morgan fingerprint density at radius 3 is 1.57 bits per heavy atom. The summed E-state index contributed by atoms with van der Waals surface area (Å²) in [4.78, 5) is 13.3. The van der Waals surface area contributed by atoms with Gasteiger partial charge in [0.2, 0.25) is 5.78 Å². The van der Waals surface area contributed by atoms with E-state index in [1.54, 1.807) is 48.5 Å². The number of carbonyl (C=O) groups excluding carboxylic acids is 1. The first kappa shape index (κ1) is 18.2. The maximum absolute atomic E-state index is 13.3. The van der Waals surface area contributed by atoms with Gasteiger partial charge in [-0.1, -0.05) is 23.2 Å². The van der Waals surface area contributed by atoms with E-state index in [1.807, 2.05) is 0 Å². The molecule has 7 heteroatoms. The van der Waals surface area contributed by atoms with Crippen LogP contribution in [0.3, 0.4) is 0 Å². The molecule has 0 aliphatic carbocycles. The number of halogens is 2. The molecule has 4 N–H and O–H groups in total. The van der Waals surface area contributed by atoms with Crippen molar-refractivity contribution in [2.75, 3.05) is 11.5 Å². The van der Waals surface area contributed by atoms with Crippen LogP contribution in [0.1, 0.15) is 15.9 Å². The third-order valence-electron chi connectivity index (χ3n) is 4.34. The molecule has 0 radical (unpaired) electrons. The van der Waals surface area contributed by atoms with E-state index in [0.717, 1.165) is 0 Å². The van der Waals surface area contributed by atoms with Crippen LogP contribution in [0.15, 0.2) is 69.9 Å². The monoisotopic (exact) mass is 412 g/mol. The van der Waals surface area contributed by atoms with Crippen LogP contribution in [0, 0.1) is 0 Å². The fourth-order valence-corrected chi connectivity index (χ4v) is 3.33. The van der Waals surface area contributed by atoms with Crippen LogP contribution in [0.4, 0.5) is 11.4 Å². The van der Waals surface area contributed by atoms with Gasteiger partial charge in [-0.05, 0) is 48.5 Å². The number of rotatable bonds is 4. The Hall–Kier alpha value is -3.15. The van der Waals surface area contributed by atoms with Gasteiger partial charge in [-0.15, -0.1) is 0 Å². The minimum atomic E-state index is -0.300. The van der Waals surface area contributed by atoms with E-state index in [1.165, 1.54) is 12.5 Å². The maximum atomic E-state index is 13.3. The molecule has 28 heavy (non-hydrogen) atoms. The maximum Gasteiger partial charge on any atom is 0.200 e. The first-order valence-corrected chi connectivity index (χ1v) is 9.02. The summed E-state index contributed by atoms with van der Waals surface area (Å²) in [7, 11) is 0. The molecule has 0 fully saturated rings. The summed E-state index contributed by atoms with van der Waals surface area (Å²) >= 11 is 12.2. The van der Waals surface area contributed by atoms with Crippen molar-refractivity contribution in [1.82, 2.24) is 0 Å². The molecule has 2 aromatic carbocycles. The number of benzene rings is 2. The molecule has 0 spiro atoms. The van der Waals surface area contributed by atoms with Crippen molar-refractivity contribution in [1.29, 1.82) is 0 Å². The lowest BCUT2D eigenvalue weighted by atomic mass is 9.97. The summed E-state index contributed by atoms with van der Waals surface area (Å²) in [5.41, 5.74) is 14.7. The first-order chi connectivity index (χ1) is 13.5. The molecule has 0 bridgehead atoms. The van der Waals surface area contributed by atoms with Gasteiger partial charge in [-0.25, -0.2) is 0 Å². The summed E-state index contributed by atoms with van der Waals surface area (Å²) < 4.78 is 11.1. The fraction of sp³-hybridized carbons (Fsp3) is 0. The van der Waals surface area contributed by atoms with Crippen molar-refractivity contribution in [2.24, 2.45) is 0 Å². The van der Waals surface area contributed by atoms with Crippen molar-refractivity contribution in [2.45, 2.75) is 0 Å². The van der Waals surface area contributed by atoms with Crippen LogP contribution in [-0.2, 0) is 0 Å². The summed E-state index contributed by atoms with van der Waals surface area (Å²) in [6, 6.07) is 13.1. The number of hydrogen-bond donors (Lipinski definition) is 2. The molecule has 5 nitrogen and oxygen atoms in total. The standard InChI is InChI=1S/C21H14Cl2N2O3/c22-11-1-3-17(24)15(9-11)20-13(5-7-27-20)19(26)14-6-8-28-21(14)16-10-12(23)2-4-18(16)25/h1-10H,24-25H2. The molecule has 0 aliphatic rings. The zero-order valence-electron chi connectivity index (χ0n) is 14.4. The van der Waals surface area contributed by atoms with Crippen LogP contribution in [0.25, 0.3) is 22.6 Å². The lowest BCUT2D eigenvalue weighted by Crippen LogP contribution is -2.03. The zero-order valence-corrected chi connectivity index (χ0v) is 15.9. The molecule has 140 valence electrons. The number of anilines is 2. The molecule has 4 rings (SSSR count). The Labute approximate surface area is 170 Å². The highest BCUT2D eigenvalue weighted by molar-refractivity contribution is 6.31. The highest BCUT2D eigenvalue weighted by atomic mass is 35.5. The SMILES string of the molecule is Nc1ccc(Cl)cc1-c1occc1C(=O)c1ccoc1-c1cc(Cl)ccc1N. The fourth-order valence-electron chi connectivity index (χ4n) is 2.99. The van der Waals surface area contributed by atoms with Gasteiger partial charge in [0, 0.05) is 32.5 Å². The van der Waals surface area contributed by atoms with E-state index < -0.39 is 0 Å². The highest BCUT2D eigenvalue weighted by Crippen LogP contribution is 2.37. The zero-order chi connectivity index (χ0) is 19.8. The normalized spacial score (nSPS) is 10.9. The number of hydrogen-bond acceptors (Lipinski definition) is 5. The van der Waals surface area contributed by atoms with Crippen molar-refractivity contribution in [3.8, 4) is 22.6 Å². The number of carbonyl (C=O) groups is 1. The van der Waals surface area contributed by atoms with Crippen LogP contribution in [-0.4, -0.2) is 5.78 Å². The van der Waals surface area contributed by atoms with Gasteiger partial charge in [-0.3, -0.25) is 4.79 Å².